The predicted molar refractivity (Wildman–Crippen MR) is 145 cm³/mol. The second-order valence-electron chi connectivity index (χ2n) is 9.45. The maximum Gasteiger partial charge on any atom is 0.196 e. The molecule has 3 aromatic heterocycles. The third kappa shape index (κ3) is 5.62. The minimum Gasteiger partial charge on any atom is -0.493 e. The number of benzene rings is 1. The van der Waals surface area contributed by atoms with E-state index in [-0.39, 0.29) is 66.1 Å². The van der Waals surface area contributed by atoms with Crippen LogP contribution in [0.5, 0.6) is 0 Å². The number of pyridine rings is 1. The van der Waals surface area contributed by atoms with Gasteiger partial charge in [0, 0.05) is 68.3 Å². The van der Waals surface area contributed by atoms with Crippen LogP contribution in [0.1, 0.15) is 54.2 Å². The first-order chi connectivity index (χ1) is 17.7. The molecule has 0 saturated carbocycles. The zero-order valence-electron chi connectivity index (χ0n) is 21.2. The maximum atomic E-state index is 13.5. The molecule has 1 aliphatic heterocycles. The molecule has 4 aromatic rings. The van der Waals surface area contributed by atoms with Gasteiger partial charge in [-0.05, 0) is 63.2 Å². The molecule has 1 aromatic carbocycles. The Labute approximate surface area is 255 Å². The second-order valence-corrected chi connectivity index (χ2v) is 9.84. The summed E-state index contributed by atoms with van der Waals surface area (Å²) in [6.45, 7) is 7.07. The van der Waals surface area contributed by atoms with Crippen LogP contribution in [0.15, 0.2) is 45.9 Å². The van der Waals surface area contributed by atoms with Gasteiger partial charge in [0.15, 0.2) is 5.43 Å². The van der Waals surface area contributed by atoms with Crippen LogP contribution >= 0.6 is 11.6 Å². The Hall–Kier alpha value is -2.43. The van der Waals surface area contributed by atoms with Gasteiger partial charge in [0.05, 0.1) is 40.6 Å². The SMILES string of the molecule is Cc1cc([C@@H](C)Nc2ccc(Cl)nc2C(=[N-])N)c2oc(-c3cnn(C4CCOCC4)c3)c(C)c(=O)c2c1.[Ho]. The summed E-state index contributed by atoms with van der Waals surface area (Å²) in [5, 5.41) is 18.5. The monoisotopic (exact) mass is 684 g/mol. The van der Waals surface area contributed by atoms with E-state index in [2.05, 4.69) is 15.4 Å². The van der Waals surface area contributed by atoms with Crippen LogP contribution < -0.4 is 16.5 Å². The zero-order chi connectivity index (χ0) is 26.3. The quantitative estimate of drug-likeness (QED) is 0.125. The molecule has 1 atom stereocenters. The smallest absolute Gasteiger partial charge is 0.196 e. The first-order valence-electron chi connectivity index (χ1n) is 12.2. The molecule has 0 bridgehead atoms. The van der Waals surface area contributed by atoms with Crippen LogP contribution in [0.3, 0.4) is 0 Å². The van der Waals surface area contributed by atoms with Crippen molar-refractivity contribution in [3.63, 3.8) is 0 Å². The van der Waals surface area contributed by atoms with Gasteiger partial charge >= 0.3 is 0 Å². The molecule has 38 heavy (non-hydrogen) atoms. The number of hydrogen-bond donors (Lipinski definition) is 2. The van der Waals surface area contributed by atoms with Crippen LogP contribution in [-0.4, -0.2) is 33.8 Å². The number of fused-ring (bicyclic) bond motifs is 1. The van der Waals surface area contributed by atoms with Gasteiger partial charge in [0.1, 0.15) is 16.5 Å². The van der Waals surface area contributed by atoms with E-state index in [1.54, 1.807) is 25.3 Å². The van der Waals surface area contributed by atoms with Gasteiger partial charge in [-0.2, -0.15) is 5.10 Å². The molecule has 0 aliphatic carbocycles. The number of anilines is 1. The molecule has 5 rings (SSSR count). The summed E-state index contributed by atoms with van der Waals surface area (Å²) in [7, 11) is 0. The maximum absolute atomic E-state index is 13.5. The van der Waals surface area contributed by atoms with Crippen LogP contribution in [0.25, 0.3) is 27.7 Å². The third-order valence-corrected chi connectivity index (χ3v) is 6.97. The molecule has 4 heterocycles. The molecule has 1 aliphatic rings. The largest absolute Gasteiger partial charge is 0.493 e. The Kier molecular flexibility index (Phi) is 8.84. The van der Waals surface area contributed by atoms with Gasteiger partial charge in [0.25, 0.3) is 0 Å². The van der Waals surface area contributed by atoms with Crippen molar-refractivity contribution >= 4 is 34.1 Å². The van der Waals surface area contributed by atoms with E-state index in [0.29, 0.717) is 41.2 Å². The fourth-order valence-electron chi connectivity index (χ4n) is 4.83. The molecule has 1 fully saturated rings. The number of aryl methyl sites for hydroxylation is 1. The van der Waals surface area contributed by atoms with E-state index in [1.807, 2.05) is 36.9 Å². The number of nitrogens with one attached hydrogen (secondary N) is 1. The van der Waals surface area contributed by atoms with E-state index >= 15 is 0 Å². The summed E-state index contributed by atoms with van der Waals surface area (Å²) in [5.74, 6) is 0.0483. The van der Waals surface area contributed by atoms with Crippen LogP contribution in [-0.2, 0) is 4.74 Å². The molecule has 203 valence electrons. The van der Waals surface area contributed by atoms with E-state index in [9.17, 15) is 10.2 Å². The number of nitrogens with two attached hydrogens (primary N) is 1. The number of halogens is 1. The Morgan fingerprint density at radius 2 is 2.00 bits per heavy atom. The summed E-state index contributed by atoms with van der Waals surface area (Å²) >= 11 is 5.99. The van der Waals surface area contributed by atoms with E-state index in [1.165, 1.54) is 0 Å². The predicted octanol–water partition coefficient (Wildman–Crippen LogP) is 5.12. The number of nitrogens with zero attached hydrogens (tertiary/aromatic N) is 4. The number of hydrogen-bond acceptors (Lipinski definition) is 6. The van der Waals surface area contributed by atoms with Crippen molar-refractivity contribution < 1.29 is 46.9 Å². The van der Waals surface area contributed by atoms with Gasteiger partial charge in [-0.1, -0.05) is 17.7 Å². The van der Waals surface area contributed by atoms with Gasteiger partial charge in [-0.25, -0.2) is 4.98 Å². The van der Waals surface area contributed by atoms with Crippen molar-refractivity contribution in [1.82, 2.24) is 14.8 Å². The van der Waals surface area contributed by atoms with Gasteiger partial charge in [-0.3, -0.25) is 9.48 Å². The summed E-state index contributed by atoms with van der Waals surface area (Å²) < 4.78 is 13.9. The van der Waals surface area contributed by atoms with Gasteiger partial charge in [0.2, 0.25) is 0 Å². The minimum absolute atomic E-state index is 0. The fraction of sp³-hybridized carbons (Fsp3) is 0.333. The average Bonchev–Trinajstić information content (AvgIpc) is 3.37. The number of aromatic nitrogens is 3. The normalized spacial score (nSPS) is 14.7. The topological polar surface area (TPSA) is 130 Å². The van der Waals surface area contributed by atoms with Crippen molar-refractivity contribution in [2.24, 2.45) is 5.73 Å². The number of rotatable bonds is 6. The number of ether oxygens (including phenoxy) is 1. The van der Waals surface area contributed by atoms with Crippen LogP contribution in [0, 0.1) is 51.6 Å². The Morgan fingerprint density at radius 3 is 2.71 bits per heavy atom. The van der Waals surface area contributed by atoms with Crippen LogP contribution in [0.2, 0.25) is 5.15 Å². The van der Waals surface area contributed by atoms with Crippen molar-refractivity contribution in [3.8, 4) is 11.3 Å². The zero-order valence-corrected chi connectivity index (χ0v) is 23.9. The summed E-state index contributed by atoms with van der Waals surface area (Å²) in [6, 6.07) is 7.05. The molecule has 1 saturated heterocycles. The molecular weight excluding hydrogens is 657 g/mol. The Bertz CT molecular complexity index is 1560. The van der Waals surface area contributed by atoms with E-state index in [0.717, 1.165) is 29.5 Å². The van der Waals surface area contributed by atoms with E-state index in [4.69, 9.17) is 26.5 Å². The fourth-order valence-corrected chi connectivity index (χ4v) is 4.97. The molecule has 9 nitrogen and oxygen atoms in total. The summed E-state index contributed by atoms with van der Waals surface area (Å²) in [5.41, 5.74) is 9.65. The van der Waals surface area contributed by atoms with Crippen molar-refractivity contribution in [3.05, 3.63) is 79.8 Å². The van der Waals surface area contributed by atoms with Crippen molar-refractivity contribution in [2.75, 3.05) is 18.5 Å². The Balaban J connectivity index is 0.00000336. The van der Waals surface area contributed by atoms with Crippen LogP contribution in [0.4, 0.5) is 5.69 Å². The van der Waals surface area contributed by atoms with Gasteiger partial charge in [-0.15, -0.1) is 0 Å². The van der Waals surface area contributed by atoms with E-state index < -0.39 is 5.84 Å². The Morgan fingerprint density at radius 1 is 1.26 bits per heavy atom. The number of amidine groups is 1. The van der Waals surface area contributed by atoms with Crippen molar-refractivity contribution in [1.29, 1.82) is 0 Å². The molecule has 11 heteroatoms. The summed E-state index contributed by atoms with van der Waals surface area (Å²) in [4.78, 5) is 17.6. The molecule has 0 spiro atoms. The molecular formula is C27H28ClHoN6O3-. The standard InChI is InChI=1S/C27H28ClN6O3.Ho/c1-14-10-19(16(3)32-21-4-5-22(28)33-23(21)27(29)30)26-20(11-14)24(35)15(2)25(37-26)17-12-31-34(13-17)18-6-8-36-9-7-18;/h4-5,10-13,16,18H,6-9H2,1-3H3,(H3-,29,30,32);/q-1;/t16-;/m1./s1. The second kappa shape index (κ2) is 11.8. The molecule has 1 radical (unpaired) electrons. The summed E-state index contributed by atoms with van der Waals surface area (Å²) in [6.07, 6.45) is 5.47. The van der Waals surface area contributed by atoms with Gasteiger partial charge < -0.3 is 25.6 Å². The molecule has 0 unspecified atom stereocenters. The molecule has 3 N–H and O–H groups in total. The average molecular weight is 685 g/mol. The third-order valence-electron chi connectivity index (χ3n) is 6.76. The minimum atomic E-state index is -0.447. The first kappa shape index (κ1) is 28.6. The molecule has 0 amide bonds. The first-order valence-corrected chi connectivity index (χ1v) is 12.6. The van der Waals surface area contributed by atoms with Crippen molar-refractivity contribution in [2.45, 2.75) is 45.7 Å².